The average molecular weight is 327 g/mol. The fraction of sp³-hybridized carbons (Fsp3) is 0.588. The number of ether oxygens (including phenoxy) is 2. The number of benzene rings is 1. The van der Waals surface area contributed by atoms with Crippen molar-refractivity contribution in [2.75, 3.05) is 26.9 Å². The van der Waals surface area contributed by atoms with Gasteiger partial charge in [0.2, 0.25) is 0 Å². The number of aliphatic hydroxyl groups is 1. The Labute approximate surface area is 136 Å². The van der Waals surface area contributed by atoms with Crippen molar-refractivity contribution in [1.29, 1.82) is 0 Å². The second kappa shape index (κ2) is 8.26. The van der Waals surface area contributed by atoms with Gasteiger partial charge in [-0.1, -0.05) is 12.1 Å². The molecule has 1 atom stereocenters. The third-order valence-corrected chi connectivity index (χ3v) is 3.51. The molecular weight excluding hydrogens is 301 g/mol. The van der Waals surface area contributed by atoms with Gasteiger partial charge < -0.3 is 19.9 Å². The van der Waals surface area contributed by atoms with Crippen molar-refractivity contribution in [1.82, 2.24) is 5.32 Å². The Morgan fingerprint density at radius 3 is 2.35 bits per heavy atom. The summed E-state index contributed by atoms with van der Waals surface area (Å²) < 4.78 is 23.5. The van der Waals surface area contributed by atoms with E-state index in [1.165, 1.54) is 12.1 Å². The molecule has 1 aromatic carbocycles. The Morgan fingerprint density at radius 2 is 1.87 bits per heavy atom. The molecule has 23 heavy (non-hydrogen) atoms. The van der Waals surface area contributed by atoms with E-state index in [0.717, 1.165) is 5.56 Å². The first-order valence-electron chi connectivity index (χ1n) is 7.55. The highest BCUT2D eigenvalue weighted by molar-refractivity contribution is 5.67. The second-order valence-electron chi connectivity index (χ2n) is 6.54. The van der Waals surface area contributed by atoms with Crippen molar-refractivity contribution < 1.29 is 23.8 Å². The molecule has 5 nitrogen and oxygen atoms in total. The van der Waals surface area contributed by atoms with Crippen LogP contribution in [0.4, 0.5) is 9.18 Å². The summed E-state index contributed by atoms with van der Waals surface area (Å²) in [7, 11) is 1.56. The zero-order valence-electron chi connectivity index (χ0n) is 14.2. The molecule has 0 spiro atoms. The topological polar surface area (TPSA) is 67.8 Å². The Balaban J connectivity index is 2.91. The lowest BCUT2D eigenvalue weighted by Crippen LogP contribution is -2.45. The molecule has 0 fully saturated rings. The third kappa shape index (κ3) is 6.15. The molecule has 1 unspecified atom stereocenters. The number of rotatable bonds is 7. The lowest BCUT2D eigenvalue weighted by atomic mass is 9.78. The summed E-state index contributed by atoms with van der Waals surface area (Å²) in [6.45, 7) is 5.67. The normalized spacial score (nSPS) is 14.2. The van der Waals surface area contributed by atoms with Crippen LogP contribution < -0.4 is 5.32 Å². The lowest BCUT2D eigenvalue weighted by Gasteiger charge is -2.33. The summed E-state index contributed by atoms with van der Waals surface area (Å²) in [6, 6.07) is 5.88. The molecule has 0 bridgehead atoms. The van der Waals surface area contributed by atoms with Gasteiger partial charge in [-0.15, -0.1) is 0 Å². The van der Waals surface area contributed by atoms with E-state index >= 15 is 0 Å². The zero-order valence-corrected chi connectivity index (χ0v) is 14.2. The third-order valence-electron chi connectivity index (χ3n) is 3.51. The van der Waals surface area contributed by atoms with E-state index in [4.69, 9.17) is 9.47 Å². The molecule has 1 amide bonds. The molecule has 130 valence electrons. The van der Waals surface area contributed by atoms with E-state index in [1.807, 2.05) is 0 Å². The van der Waals surface area contributed by atoms with Gasteiger partial charge in [-0.25, -0.2) is 9.18 Å². The molecule has 0 heterocycles. The summed E-state index contributed by atoms with van der Waals surface area (Å²) in [5, 5.41) is 12.6. The maximum atomic E-state index is 13.2. The van der Waals surface area contributed by atoms with Crippen molar-refractivity contribution in [3.8, 4) is 0 Å². The molecule has 1 aromatic rings. The number of halogens is 1. The van der Waals surface area contributed by atoms with Crippen LogP contribution in [-0.4, -0.2) is 43.7 Å². The standard InChI is InChI=1S/C17H26FNO4/c1-16(2,3)23-15(21)19-11-17(12-20,9-10-22-4)13-5-7-14(18)8-6-13/h5-8,20H,9-12H2,1-4H3,(H,19,21). The summed E-state index contributed by atoms with van der Waals surface area (Å²) in [4.78, 5) is 11.9. The van der Waals surface area contributed by atoms with Crippen molar-refractivity contribution in [2.45, 2.75) is 38.2 Å². The van der Waals surface area contributed by atoms with Gasteiger partial charge in [-0.2, -0.15) is 0 Å². The second-order valence-corrected chi connectivity index (χ2v) is 6.54. The van der Waals surface area contributed by atoms with E-state index in [1.54, 1.807) is 40.0 Å². The smallest absolute Gasteiger partial charge is 0.407 e. The molecule has 0 radical (unpaired) electrons. The predicted octanol–water partition coefficient (Wildman–Crippen LogP) is 2.62. The van der Waals surface area contributed by atoms with Crippen molar-refractivity contribution >= 4 is 6.09 Å². The van der Waals surface area contributed by atoms with E-state index in [-0.39, 0.29) is 19.0 Å². The maximum absolute atomic E-state index is 13.2. The van der Waals surface area contributed by atoms with Gasteiger partial charge in [0.15, 0.2) is 0 Å². The fourth-order valence-electron chi connectivity index (χ4n) is 2.22. The minimum atomic E-state index is -0.763. The summed E-state index contributed by atoms with van der Waals surface area (Å²) in [5.41, 5.74) is -0.635. The Bertz CT molecular complexity index is 498. The van der Waals surface area contributed by atoms with Gasteiger partial charge >= 0.3 is 6.09 Å². The zero-order chi connectivity index (χ0) is 17.5. The van der Waals surface area contributed by atoms with Crippen molar-refractivity contribution in [3.05, 3.63) is 35.6 Å². The van der Waals surface area contributed by atoms with Crippen LogP contribution >= 0.6 is 0 Å². The SMILES string of the molecule is COCCC(CO)(CNC(=O)OC(C)(C)C)c1ccc(F)cc1. The van der Waals surface area contributed by atoms with Gasteiger partial charge in [0.1, 0.15) is 11.4 Å². The highest BCUT2D eigenvalue weighted by atomic mass is 19.1. The highest BCUT2D eigenvalue weighted by Crippen LogP contribution is 2.28. The first-order chi connectivity index (χ1) is 10.7. The quantitative estimate of drug-likeness (QED) is 0.808. The number of hydrogen-bond acceptors (Lipinski definition) is 4. The molecule has 1 rings (SSSR count). The van der Waals surface area contributed by atoms with Crippen LogP contribution in [0, 0.1) is 5.82 Å². The van der Waals surface area contributed by atoms with Crippen LogP contribution in [0.15, 0.2) is 24.3 Å². The Morgan fingerprint density at radius 1 is 1.26 bits per heavy atom. The molecule has 2 N–H and O–H groups in total. The van der Waals surface area contributed by atoms with Crippen LogP contribution in [-0.2, 0) is 14.9 Å². The van der Waals surface area contributed by atoms with Gasteiger partial charge in [-0.05, 0) is 44.9 Å². The van der Waals surface area contributed by atoms with Crippen LogP contribution in [0.2, 0.25) is 0 Å². The molecule has 6 heteroatoms. The number of hydrogen-bond donors (Lipinski definition) is 2. The van der Waals surface area contributed by atoms with Crippen LogP contribution in [0.25, 0.3) is 0 Å². The molecule has 0 aliphatic heterocycles. The van der Waals surface area contributed by atoms with Crippen molar-refractivity contribution in [2.24, 2.45) is 0 Å². The first-order valence-corrected chi connectivity index (χ1v) is 7.55. The number of carbonyl (C=O) groups is 1. The number of alkyl carbamates (subject to hydrolysis) is 1. The molecule has 0 aliphatic carbocycles. The monoisotopic (exact) mass is 327 g/mol. The number of aliphatic hydroxyl groups excluding tert-OH is 1. The lowest BCUT2D eigenvalue weighted by molar-refractivity contribution is 0.0489. The number of amides is 1. The molecule has 0 saturated heterocycles. The van der Waals surface area contributed by atoms with Crippen LogP contribution in [0.3, 0.4) is 0 Å². The van der Waals surface area contributed by atoms with Gasteiger partial charge in [0, 0.05) is 25.7 Å². The first kappa shape index (κ1) is 19.4. The van der Waals surface area contributed by atoms with Crippen molar-refractivity contribution in [3.63, 3.8) is 0 Å². The predicted molar refractivity (Wildman–Crippen MR) is 85.9 cm³/mol. The summed E-state index contributed by atoms with van der Waals surface area (Å²) in [6.07, 6.45) is -0.0867. The fourth-order valence-corrected chi connectivity index (χ4v) is 2.22. The number of methoxy groups -OCH3 is 1. The molecule has 0 aromatic heterocycles. The van der Waals surface area contributed by atoms with Gasteiger partial charge in [-0.3, -0.25) is 0 Å². The molecular formula is C17H26FNO4. The largest absolute Gasteiger partial charge is 0.444 e. The Hall–Kier alpha value is -1.66. The van der Waals surface area contributed by atoms with E-state index in [9.17, 15) is 14.3 Å². The molecule has 0 aliphatic rings. The minimum absolute atomic E-state index is 0.160. The van der Waals surface area contributed by atoms with Gasteiger partial charge in [0.25, 0.3) is 0 Å². The van der Waals surface area contributed by atoms with E-state index < -0.39 is 17.1 Å². The van der Waals surface area contributed by atoms with E-state index in [2.05, 4.69) is 5.32 Å². The summed E-state index contributed by atoms with van der Waals surface area (Å²) in [5.74, 6) is -0.354. The molecule has 0 saturated carbocycles. The van der Waals surface area contributed by atoms with Crippen LogP contribution in [0.1, 0.15) is 32.8 Å². The number of carbonyl (C=O) groups excluding carboxylic acids is 1. The summed E-state index contributed by atoms with van der Waals surface area (Å²) >= 11 is 0. The van der Waals surface area contributed by atoms with E-state index in [0.29, 0.717) is 13.0 Å². The van der Waals surface area contributed by atoms with Crippen LogP contribution in [0.5, 0.6) is 0 Å². The average Bonchev–Trinajstić information content (AvgIpc) is 2.47. The maximum Gasteiger partial charge on any atom is 0.407 e. The van der Waals surface area contributed by atoms with Gasteiger partial charge in [0.05, 0.1) is 6.61 Å². The minimum Gasteiger partial charge on any atom is -0.444 e. The number of nitrogens with one attached hydrogen (secondary N) is 1. The Kier molecular flexibility index (Phi) is 6.97. The highest BCUT2D eigenvalue weighted by Gasteiger charge is 2.32.